The van der Waals surface area contributed by atoms with Crippen LogP contribution in [0.4, 0.5) is 0 Å². The van der Waals surface area contributed by atoms with Crippen LogP contribution in [0.15, 0.2) is 23.2 Å². The van der Waals surface area contributed by atoms with E-state index in [-0.39, 0.29) is 0 Å². The fourth-order valence-electron chi connectivity index (χ4n) is 1.23. The zero-order chi connectivity index (χ0) is 12.0. The minimum atomic E-state index is -0.430. The van der Waals surface area contributed by atoms with Gasteiger partial charge in [-0.25, -0.2) is 0 Å². The molecule has 1 heterocycles. The standard InChI is InChI=1S/C12H20N2OS/c1-4-12(15)11-6-5-10(9-13-11)16-8-7-14(2)3/h5-6,9,12,15H,4,7-8H2,1-3H3/t12-/m1/s1. The number of rotatable bonds is 6. The Morgan fingerprint density at radius 1 is 1.44 bits per heavy atom. The monoisotopic (exact) mass is 240 g/mol. The summed E-state index contributed by atoms with van der Waals surface area (Å²) in [5.74, 6) is 1.06. The molecule has 1 atom stereocenters. The number of thioether (sulfide) groups is 1. The molecule has 90 valence electrons. The van der Waals surface area contributed by atoms with E-state index >= 15 is 0 Å². The van der Waals surface area contributed by atoms with Crippen molar-refractivity contribution in [2.45, 2.75) is 24.3 Å². The van der Waals surface area contributed by atoms with Crippen molar-refractivity contribution < 1.29 is 5.11 Å². The molecule has 1 aromatic rings. The largest absolute Gasteiger partial charge is 0.387 e. The Kier molecular flexibility index (Phi) is 5.80. The third-order valence-corrected chi connectivity index (χ3v) is 3.26. The first-order valence-electron chi connectivity index (χ1n) is 5.55. The summed E-state index contributed by atoms with van der Waals surface area (Å²) >= 11 is 1.79. The topological polar surface area (TPSA) is 36.4 Å². The van der Waals surface area contributed by atoms with Crippen LogP contribution < -0.4 is 0 Å². The molecule has 4 heteroatoms. The summed E-state index contributed by atoms with van der Waals surface area (Å²) in [6.45, 7) is 3.01. The minimum absolute atomic E-state index is 0.430. The highest BCUT2D eigenvalue weighted by molar-refractivity contribution is 7.99. The highest BCUT2D eigenvalue weighted by Gasteiger charge is 2.05. The van der Waals surface area contributed by atoms with E-state index in [4.69, 9.17) is 0 Å². The second kappa shape index (κ2) is 6.89. The molecule has 0 saturated heterocycles. The Morgan fingerprint density at radius 2 is 2.19 bits per heavy atom. The fraction of sp³-hybridized carbons (Fsp3) is 0.583. The SMILES string of the molecule is CC[C@@H](O)c1ccc(SCCN(C)C)cn1. The Hall–Kier alpha value is -0.580. The molecular weight excluding hydrogens is 220 g/mol. The first kappa shape index (κ1) is 13.5. The van der Waals surface area contributed by atoms with Gasteiger partial charge >= 0.3 is 0 Å². The zero-order valence-electron chi connectivity index (χ0n) is 10.2. The van der Waals surface area contributed by atoms with Crippen LogP contribution in [0.3, 0.4) is 0 Å². The van der Waals surface area contributed by atoms with Crippen molar-refractivity contribution in [1.82, 2.24) is 9.88 Å². The summed E-state index contributed by atoms with van der Waals surface area (Å²) in [4.78, 5) is 7.59. The fourth-order valence-corrected chi connectivity index (χ4v) is 2.21. The van der Waals surface area contributed by atoms with Gasteiger partial charge in [0, 0.05) is 23.4 Å². The summed E-state index contributed by atoms with van der Waals surface area (Å²) in [6.07, 6.45) is 2.12. The highest BCUT2D eigenvalue weighted by atomic mass is 32.2. The second-order valence-electron chi connectivity index (χ2n) is 3.99. The Labute approximate surface area is 102 Å². The third kappa shape index (κ3) is 4.51. The molecule has 16 heavy (non-hydrogen) atoms. The molecule has 0 amide bonds. The van der Waals surface area contributed by atoms with E-state index in [0.717, 1.165) is 22.9 Å². The molecular formula is C12H20N2OS. The van der Waals surface area contributed by atoms with E-state index in [2.05, 4.69) is 24.0 Å². The highest BCUT2D eigenvalue weighted by Crippen LogP contribution is 2.19. The van der Waals surface area contributed by atoms with Gasteiger partial charge in [-0.2, -0.15) is 0 Å². The van der Waals surface area contributed by atoms with Crippen molar-refractivity contribution in [3.8, 4) is 0 Å². The van der Waals surface area contributed by atoms with Crippen molar-refractivity contribution >= 4 is 11.8 Å². The predicted molar refractivity (Wildman–Crippen MR) is 68.8 cm³/mol. The molecule has 0 spiro atoms. The molecule has 0 bridgehead atoms. The Balaban J connectivity index is 2.45. The van der Waals surface area contributed by atoms with Gasteiger partial charge in [0.05, 0.1) is 11.8 Å². The van der Waals surface area contributed by atoms with Crippen LogP contribution in [0.25, 0.3) is 0 Å². The van der Waals surface area contributed by atoms with Crippen molar-refractivity contribution in [3.63, 3.8) is 0 Å². The zero-order valence-corrected chi connectivity index (χ0v) is 11.0. The number of aliphatic hydroxyl groups excluding tert-OH is 1. The van der Waals surface area contributed by atoms with Gasteiger partial charge in [0.25, 0.3) is 0 Å². The third-order valence-electron chi connectivity index (χ3n) is 2.29. The van der Waals surface area contributed by atoms with Crippen LogP contribution in [0.2, 0.25) is 0 Å². The molecule has 0 fully saturated rings. The number of aromatic nitrogens is 1. The lowest BCUT2D eigenvalue weighted by Gasteiger charge is -2.10. The van der Waals surface area contributed by atoms with E-state index in [0.29, 0.717) is 6.42 Å². The summed E-state index contributed by atoms with van der Waals surface area (Å²) in [6, 6.07) is 3.94. The lowest BCUT2D eigenvalue weighted by atomic mass is 10.2. The molecule has 0 aliphatic carbocycles. The van der Waals surface area contributed by atoms with E-state index < -0.39 is 6.10 Å². The second-order valence-corrected chi connectivity index (χ2v) is 5.16. The Morgan fingerprint density at radius 3 is 2.69 bits per heavy atom. The molecule has 0 aromatic carbocycles. The first-order chi connectivity index (χ1) is 7.63. The first-order valence-corrected chi connectivity index (χ1v) is 6.53. The number of pyridine rings is 1. The lowest BCUT2D eigenvalue weighted by Crippen LogP contribution is -2.14. The average molecular weight is 240 g/mol. The quantitative estimate of drug-likeness (QED) is 0.773. The molecule has 0 aliphatic heterocycles. The lowest BCUT2D eigenvalue weighted by molar-refractivity contribution is 0.169. The van der Waals surface area contributed by atoms with Gasteiger partial charge in [0.2, 0.25) is 0 Å². The van der Waals surface area contributed by atoms with Gasteiger partial charge in [-0.15, -0.1) is 11.8 Å². The predicted octanol–water partition coefficient (Wildman–Crippen LogP) is 2.18. The summed E-state index contributed by atoms with van der Waals surface area (Å²) < 4.78 is 0. The van der Waals surface area contributed by atoms with Crippen LogP contribution in [0, 0.1) is 0 Å². The average Bonchev–Trinajstić information content (AvgIpc) is 2.28. The molecule has 0 aliphatic rings. The maximum Gasteiger partial charge on any atom is 0.0957 e. The van der Waals surface area contributed by atoms with E-state index in [1.165, 1.54) is 0 Å². The molecule has 0 radical (unpaired) electrons. The van der Waals surface area contributed by atoms with E-state index in [9.17, 15) is 5.11 Å². The van der Waals surface area contributed by atoms with Crippen molar-refractivity contribution in [3.05, 3.63) is 24.0 Å². The minimum Gasteiger partial charge on any atom is -0.387 e. The van der Waals surface area contributed by atoms with Gasteiger partial charge in [-0.05, 0) is 32.6 Å². The molecule has 1 rings (SSSR count). The van der Waals surface area contributed by atoms with Crippen molar-refractivity contribution in [1.29, 1.82) is 0 Å². The van der Waals surface area contributed by atoms with Crippen LogP contribution in [-0.2, 0) is 0 Å². The number of hydrogen-bond acceptors (Lipinski definition) is 4. The number of aliphatic hydroxyl groups is 1. The molecule has 1 N–H and O–H groups in total. The van der Waals surface area contributed by atoms with Crippen molar-refractivity contribution in [2.75, 3.05) is 26.4 Å². The summed E-state index contributed by atoms with van der Waals surface area (Å²) in [5, 5.41) is 9.59. The van der Waals surface area contributed by atoms with E-state index in [1.54, 1.807) is 11.8 Å². The smallest absolute Gasteiger partial charge is 0.0957 e. The Bertz CT molecular complexity index is 300. The van der Waals surface area contributed by atoms with Gasteiger partial charge in [-0.3, -0.25) is 4.98 Å². The number of hydrogen-bond donors (Lipinski definition) is 1. The van der Waals surface area contributed by atoms with Crippen LogP contribution >= 0.6 is 11.8 Å². The van der Waals surface area contributed by atoms with Gasteiger partial charge in [-0.1, -0.05) is 6.92 Å². The van der Waals surface area contributed by atoms with Gasteiger partial charge in [0.1, 0.15) is 0 Å². The molecule has 0 unspecified atom stereocenters. The number of nitrogens with zero attached hydrogens (tertiary/aromatic N) is 2. The molecule has 3 nitrogen and oxygen atoms in total. The maximum atomic E-state index is 9.59. The normalized spacial score (nSPS) is 13.1. The maximum absolute atomic E-state index is 9.59. The summed E-state index contributed by atoms with van der Waals surface area (Å²) in [7, 11) is 4.14. The van der Waals surface area contributed by atoms with Crippen molar-refractivity contribution in [2.24, 2.45) is 0 Å². The van der Waals surface area contributed by atoms with Gasteiger partial charge in [0.15, 0.2) is 0 Å². The van der Waals surface area contributed by atoms with E-state index in [1.807, 2.05) is 25.3 Å². The molecule has 0 saturated carbocycles. The van der Waals surface area contributed by atoms with Crippen LogP contribution in [0.1, 0.15) is 25.1 Å². The van der Waals surface area contributed by atoms with Crippen LogP contribution in [-0.4, -0.2) is 41.4 Å². The molecule has 1 aromatic heterocycles. The summed E-state index contributed by atoms with van der Waals surface area (Å²) in [5.41, 5.74) is 0.763. The van der Waals surface area contributed by atoms with Gasteiger partial charge < -0.3 is 10.0 Å². The van der Waals surface area contributed by atoms with Crippen LogP contribution in [0.5, 0.6) is 0 Å².